The number of likely N-dealkylation sites (tertiary alicyclic amines) is 1. The number of nitrogens with one attached hydrogen (secondary N) is 3. The molecule has 1 aliphatic heterocycles. The van der Waals surface area contributed by atoms with E-state index in [4.69, 9.17) is 0 Å². The standard InChI is InChI=1S/C32H40F3N7O2/c1-3-21-8-10-42(11-9-21)28(43)19-37-29-20(2)12-22-13-24(26(29)14-22)17-38-30-25(15-36)18-40-31(41-30)39-16-23-6-4-5-7-27(23)44-32(33,34)35/h4-7,18,20-22,29,37H,3,8-14,16-17,19H2,1-2H3,(H2,38,39,40,41). The molecule has 1 saturated carbocycles. The van der Waals surface area contributed by atoms with E-state index in [2.05, 4.69) is 50.6 Å². The molecule has 44 heavy (non-hydrogen) atoms. The molecular formula is C32H40F3N7O2. The Kier molecular flexibility index (Phi) is 9.93. The van der Waals surface area contributed by atoms with Gasteiger partial charge in [-0.3, -0.25) is 4.79 Å². The van der Waals surface area contributed by atoms with Gasteiger partial charge in [0, 0.05) is 37.8 Å². The summed E-state index contributed by atoms with van der Waals surface area (Å²) in [7, 11) is 0. The number of para-hydroxylation sites is 1. The van der Waals surface area contributed by atoms with Crippen molar-refractivity contribution in [3.8, 4) is 11.8 Å². The average molecular weight is 612 g/mol. The summed E-state index contributed by atoms with van der Waals surface area (Å²) in [5.41, 5.74) is 3.16. The molecule has 0 radical (unpaired) electrons. The summed E-state index contributed by atoms with van der Waals surface area (Å²) < 4.78 is 42.6. The molecule has 236 valence electrons. The van der Waals surface area contributed by atoms with Gasteiger partial charge in [-0.1, -0.05) is 49.6 Å². The summed E-state index contributed by atoms with van der Waals surface area (Å²) in [6.07, 6.45) is 2.95. The number of ether oxygens (including phenoxy) is 1. The molecular weight excluding hydrogens is 571 g/mol. The number of amides is 1. The number of nitriles is 1. The second kappa shape index (κ2) is 13.8. The van der Waals surface area contributed by atoms with Crippen molar-refractivity contribution in [3.05, 3.63) is 52.7 Å². The van der Waals surface area contributed by atoms with Crippen LogP contribution in [0.15, 0.2) is 41.6 Å². The van der Waals surface area contributed by atoms with Crippen LogP contribution in [-0.2, 0) is 11.3 Å². The third-order valence-corrected chi connectivity index (χ3v) is 9.18. The number of carbonyl (C=O) groups is 1. The van der Waals surface area contributed by atoms with Crippen molar-refractivity contribution in [2.24, 2.45) is 17.8 Å². The molecule has 2 aliphatic carbocycles. The van der Waals surface area contributed by atoms with Crippen molar-refractivity contribution in [2.75, 3.05) is 36.8 Å². The van der Waals surface area contributed by atoms with E-state index in [1.807, 2.05) is 4.90 Å². The Labute approximate surface area is 256 Å². The van der Waals surface area contributed by atoms with Gasteiger partial charge in [0.2, 0.25) is 11.9 Å². The molecule has 3 atom stereocenters. The van der Waals surface area contributed by atoms with Crippen LogP contribution in [0.3, 0.4) is 0 Å². The Morgan fingerprint density at radius 1 is 1.16 bits per heavy atom. The van der Waals surface area contributed by atoms with E-state index in [0.29, 0.717) is 30.7 Å². The maximum absolute atomic E-state index is 13.0. The van der Waals surface area contributed by atoms with Gasteiger partial charge >= 0.3 is 6.36 Å². The number of nitrogens with zero attached hydrogens (tertiary/aromatic N) is 4. The lowest BCUT2D eigenvalue weighted by atomic mass is 9.79. The Hall–Kier alpha value is -3.85. The molecule has 2 heterocycles. The first-order valence-corrected chi connectivity index (χ1v) is 15.4. The smallest absolute Gasteiger partial charge is 0.405 e. The van der Waals surface area contributed by atoms with E-state index in [-0.39, 0.29) is 41.3 Å². The zero-order valence-electron chi connectivity index (χ0n) is 25.2. The Bertz CT molecular complexity index is 1400. The second-order valence-electron chi connectivity index (χ2n) is 12.1. The minimum atomic E-state index is -4.81. The molecule has 2 bridgehead atoms. The molecule has 1 saturated heterocycles. The van der Waals surface area contributed by atoms with Gasteiger partial charge in [0.25, 0.3) is 0 Å². The SMILES string of the molecule is CCC1CCN(C(=O)CNC2C3=C(CNc4nc(NCc5ccccc5OC(F)(F)F)ncc4C#N)CC(C3)CC2C)CC1. The van der Waals surface area contributed by atoms with Gasteiger partial charge in [-0.2, -0.15) is 10.2 Å². The third-order valence-electron chi connectivity index (χ3n) is 9.18. The number of piperidine rings is 1. The van der Waals surface area contributed by atoms with Crippen LogP contribution in [0.1, 0.15) is 63.5 Å². The quantitative estimate of drug-likeness (QED) is 0.281. The summed E-state index contributed by atoms with van der Waals surface area (Å²) in [5, 5.41) is 19.5. The third kappa shape index (κ3) is 7.80. The van der Waals surface area contributed by atoms with Gasteiger partial charge in [-0.05, 0) is 55.9 Å². The lowest BCUT2D eigenvalue weighted by Crippen LogP contribution is -2.47. The van der Waals surface area contributed by atoms with E-state index in [0.717, 1.165) is 51.1 Å². The Morgan fingerprint density at radius 2 is 1.93 bits per heavy atom. The molecule has 3 N–H and O–H groups in total. The molecule has 3 unspecified atom stereocenters. The Morgan fingerprint density at radius 3 is 2.66 bits per heavy atom. The summed E-state index contributed by atoms with van der Waals surface area (Å²) in [6.45, 7) is 6.96. The number of carbonyl (C=O) groups excluding carboxylic acids is 1. The molecule has 1 aromatic carbocycles. The summed E-state index contributed by atoms with van der Waals surface area (Å²) in [5.74, 6) is 2.08. The van der Waals surface area contributed by atoms with Crippen LogP contribution >= 0.6 is 0 Å². The highest BCUT2D eigenvalue weighted by Crippen LogP contribution is 2.44. The molecule has 3 aliphatic rings. The summed E-state index contributed by atoms with van der Waals surface area (Å²) in [6, 6.07) is 8.09. The predicted molar refractivity (Wildman–Crippen MR) is 161 cm³/mol. The predicted octanol–water partition coefficient (Wildman–Crippen LogP) is 5.62. The topological polar surface area (TPSA) is 115 Å². The average Bonchev–Trinajstić information content (AvgIpc) is 3.35. The normalized spacial score (nSPS) is 22.1. The van der Waals surface area contributed by atoms with Crippen molar-refractivity contribution in [2.45, 2.75) is 71.3 Å². The molecule has 2 fully saturated rings. The first-order chi connectivity index (χ1) is 21.1. The Balaban J connectivity index is 1.22. The number of anilines is 2. The van der Waals surface area contributed by atoms with Gasteiger partial charge in [-0.15, -0.1) is 13.2 Å². The number of alkyl halides is 3. The van der Waals surface area contributed by atoms with Crippen molar-refractivity contribution in [1.29, 1.82) is 5.26 Å². The van der Waals surface area contributed by atoms with Crippen LogP contribution in [0.25, 0.3) is 0 Å². The fourth-order valence-electron chi connectivity index (χ4n) is 6.86. The van der Waals surface area contributed by atoms with E-state index < -0.39 is 6.36 Å². The highest BCUT2D eigenvalue weighted by Gasteiger charge is 2.38. The second-order valence-corrected chi connectivity index (χ2v) is 12.1. The van der Waals surface area contributed by atoms with E-state index in [9.17, 15) is 23.2 Å². The molecule has 2 aromatic rings. The van der Waals surface area contributed by atoms with E-state index in [1.165, 1.54) is 42.0 Å². The first-order valence-electron chi connectivity index (χ1n) is 15.4. The largest absolute Gasteiger partial charge is 0.573 e. The van der Waals surface area contributed by atoms with Crippen molar-refractivity contribution in [1.82, 2.24) is 20.2 Å². The first kappa shape index (κ1) is 31.6. The zero-order valence-corrected chi connectivity index (χ0v) is 25.2. The fraction of sp³-hybridized carbons (Fsp3) is 0.562. The maximum atomic E-state index is 13.0. The monoisotopic (exact) mass is 611 g/mol. The number of aromatic nitrogens is 2. The van der Waals surface area contributed by atoms with Crippen molar-refractivity contribution >= 4 is 17.7 Å². The lowest BCUT2D eigenvalue weighted by molar-refractivity contribution is -0.274. The number of benzene rings is 1. The highest BCUT2D eigenvalue weighted by atomic mass is 19.4. The zero-order chi connectivity index (χ0) is 31.3. The van der Waals surface area contributed by atoms with Crippen LogP contribution in [-0.4, -0.2) is 59.4 Å². The summed E-state index contributed by atoms with van der Waals surface area (Å²) in [4.78, 5) is 23.6. The van der Waals surface area contributed by atoms with Gasteiger partial charge in [-0.25, -0.2) is 4.98 Å². The molecule has 12 heteroatoms. The minimum absolute atomic E-state index is 0.00482. The van der Waals surface area contributed by atoms with Crippen LogP contribution in [0.2, 0.25) is 0 Å². The fourth-order valence-corrected chi connectivity index (χ4v) is 6.86. The van der Waals surface area contributed by atoms with E-state index in [1.54, 1.807) is 6.07 Å². The highest BCUT2D eigenvalue weighted by molar-refractivity contribution is 5.78. The molecule has 5 rings (SSSR count). The molecule has 0 spiro atoms. The van der Waals surface area contributed by atoms with Crippen LogP contribution in [0.5, 0.6) is 5.75 Å². The van der Waals surface area contributed by atoms with Gasteiger partial charge in [0.05, 0.1) is 12.7 Å². The van der Waals surface area contributed by atoms with Crippen LogP contribution < -0.4 is 20.7 Å². The molecule has 1 aromatic heterocycles. The number of hydrogen-bond donors (Lipinski definition) is 3. The number of hydrogen-bond acceptors (Lipinski definition) is 8. The van der Waals surface area contributed by atoms with Crippen LogP contribution in [0.4, 0.5) is 24.9 Å². The molecule has 9 nitrogen and oxygen atoms in total. The maximum Gasteiger partial charge on any atom is 0.573 e. The van der Waals surface area contributed by atoms with Crippen molar-refractivity contribution < 1.29 is 22.7 Å². The number of fused-ring (bicyclic) bond motifs is 2. The van der Waals surface area contributed by atoms with Gasteiger partial charge in [0.15, 0.2) is 0 Å². The van der Waals surface area contributed by atoms with Gasteiger partial charge < -0.3 is 25.6 Å². The van der Waals surface area contributed by atoms with E-state index >= 15 is 0 Å². The summed E-state index contributed by atoms with van der Waals surface area (Å²) >= 11 is 0. The number of halogens is 3. The van der Waals surface area contributed by atoms with Gasteiger partial charge in [0.1, 0.15) is 23.2 Å². The number of rotatable bonds is 11. The lowest BCUT2D eigenvalue weighted by Gasteiger charge is -2.35. The van der Waals surface area contributed by atoms with Crippen molar-refractivity contribution in [3.63, 3.8) is 0 Å². The van der Waals surface area contributed by atoms with Crippen LogP contribution in [0, 0.1) is 29.1 Å². The molecule has 1 amide bonds. The minimum Gasteiger partial charge on any atom is -0.405 e.